The summed E-state index contributed by atoms with van der Waals surface area (Å²) in [6, 6.07) is 15.5. The number of carbonyl (C=O) groups is 3. The zero-order valence-electron chi connectivity index (χ0n) is 22.2. The topological polar surface area (TPSA) is 171 Å². The highest BCUT2D eigenvalue weighted by Gasteiger charge is 2.41. The van der Waals surface area contributed by atoms with Crippen LogP contribution in [0.2, 0.25) is 20.1 Å². The molecule has 1 heterocycles. The zero-order valence-corrected chi connectivity index (χ0v) is 26.0. The van der Waals surface area contributed by atoms with Crippen molar-refractivity contribution in [3.05, 3.63) is 109 Å². The van der Waals surface area contributed by atoms with E-state index in [0.29, 0.717) is 11.1 Å². The van der Waals surface area contributed by atoms with Crippen LogP contribution in [0.4, 0.5) is 5.69 Å². The number of hydrogen-bond acceptors (Lipinski definition) is 7. The van der Waals surface area contributed by atoms with Crippen LogP contribution in [-0.4, -0.2) is 45.8 Å². The number of nitrogens with zero attached hydrogens (tertiary/aromatic N) is 1. The van der Waals surface area contributed by atoms with Crippen LogP contribution in [0.5, 0.6) is 0 Å². The van der Waals surface area contributed by atoms with E-state index in [-0.39, 0.29) is 22.3 Å². The molecule has 15 heteroatoms. The van der Waals surface area contributed by atoms with Crippen molar-refractivity contribution in [3.63, 3.8) is 0 Å². The number of aromatic carboxylic acids is 1. The Bertz CT molecular complexity index is 2280. The normalized spacial score (nSPS) is 16.3. The number of nitrogens with one attached hydrogen (secondary N) is 1. The minimum absolute atomic E-state index is 0.0616. The van der Waals surface area contributed by atoms with Crippen molar-refractivity contribution < 1.29 is 37.6 Å². The van der Waals surface area contributed by atoms with Gasteiger partial charge in [0, 0.05) is 10.9 Å². The Labute approximate surface area is 273 Å². The number of hydrogen-bond donors (Lipinski definition) is 4. The third kappa shape index (κ3) is 5.20. The molecule has 0 saturated heterocycles. The van der Waals surface area contributed by atoms with E-state index in [1.807, 2.05) is 24.3 Å². The van der Waals surface area contributed by atoms with E-state index in [2.05, 4.69) is 10.3 Å². The zero-order chi connectivity index (χ0) is 32.5. The molecule has 4 aromatic carbocycles. The number of Topliss-reactive ketones (excluding diaryl/α,β-unsaturated/α-hetero) is 1. The van der Waals surface area contributed by atoms with Gasteiger partial charge in [0.2, 0.25) is 0 Å². The molecule has 1 aromatic heterocycles. The Morgan fingerprint density at radius 2 is 1.44 bits per heavy atom. The number of halogens is 4. The van der Waals surface area contributed by atoms with Crippen molar-refractivity contribution in [2.45, 2.75) is 16.9 Å². The molecule has 10 nitrogen and oxygen atoms in total. The van der Waals surface area contributed by atoms with Gasteiger partial charge in [-0.05, 0) is 46.7 Å². The van der Waals surface area contributed by atoms with Gasteiger partial charge in [-0.3, -0.25) is 14.1 Å². The number of carboxylic acids is 1. The first-order chi connectivity index (χ1) is 21.2. The molecule has 0 spiro atoms. The van der Waals surface area contributed by atoms with E-state index < -0.39 is 75.9 Å². The number of anilines is 1. The number of pyridine rings is 1. The highest BCUT2D eigenvalue weighted by atomic mass is 35.5. The van der Waals surface area contributed by atoms with Gasteiger partial charge in [0.05, 0.1) is 65.0 Å². The van der Waals surface area contributed by atoms with E-state index in [4.69, 9.17) is 46.4 Å². The van der Waals surface area contributed by atoms with Crippen LogP contribution < -0.4 is 5.32 Å². The van der Waals surface area contributed by atoms with Crippen molar-refractivity contribution in [3.8, 4) is 0 Å². The smallest absolute Gasteiger partial charge is 0.338 e. The second-order valence-electron chi connectivity index (χ2n) is 10.1. The standard InChI is InChI=1S/C30H16Cl4N2O8S/c31-22-20(21(30(40)41)23(32)25(34)24(22)33)29(39)36-18-10-14(45(42,43)44)7-13-5-6-17(35-26(13)18)19-27(37)15-8-11-3-1-2-4-12(11)9-16(15)28(19)38/h1-10,19,27,37H,(H,36,39)(H,40,41)(H,42,43,44)/t19?,27-/m1/s1. The predicted molar refractivity (Wildman–Crippen MR) is 169 cm³/mol. The monoisotopic (exact) mass is 704 g/mol. The van der Waals surface area contributed by atoms with Crippen LogP contribution >= 0.6 is 46.4 Å². The van der Waals surface area contributed by atoms with Crippen molar-refractivity contribution in [2.24, 2.45) is 0 Å². The maximum Gasteiger partial charge on any atom is 0.338 e. The van der Waals surface area contributed by atoms with E-state index in [1.54, 1.807) is 12.1 Å². The predicted octanol–water partition coefficient (Wildman–Crippen LogP) is 7.21. The molecule has 1 amide bonds. The highest BCUT2D eigenvalue weighted by molar-refractivity contribution is 7.85. The molecule has 1 aliphatic carbocycles. The summed E-state index contributed by atoms with van der Waals surface area (Å²) in [4.78, 5) is 43.0. The highest BCUT2D eigenvalue weighted by Crippen LogP contribution is 2.45. The van der Waals surface area contributed by atoms with Crippen LogP contribution in [0, 0.1) is 0 Å². The van der Waals surface area contributed by atoms with Gasteiger partial charge in [-0.25, -0.2) is 9.78 Å². The van der Waals surface area contributed by atoms with E-state index >= 15 is 0 Å². The number of carbonyl (C=O) groups excluding carboxylic acids is 2. The minimum Gasteiger partial charge on any atom is -0.478 e. The molecule has 4 N–H and O–H groups in total. The van der Waals surface area contributed by atoms with Gasteiger partial charge in [0.25, 0.3) is 16.0 Å². The summed E-state index contributed by atoms with van der Waals surface area (Å²) >= 11 is 24.4. The third-order valence-corrected chi connectivity index (χ3v) is 10.1. The Balaban J connectivity index is 1.50. The summed E-state index contributed by atoms with van der Waals surface area (Å²) < 4.78 is 34.0. The van der Waals surface area contributed by atoms with Crippen LogP contribution in [-0.2, 0) is 10.1 Å². The summed E-state index contributed by atoms with van der Waals surface area (Å²) in [6.07, 6.45) is -1.27. The molecule has 1 unspecified atom stereocenters. The van der Waals surface area contributed by atoms with E-state index in [0.717, 1.165) is 22.9 Å². The van der Waals surface area contributed by atoms with Crippen LogP contribution in [0.25, 0.3) is 21.7 Å². The molecule has 0 saturated carbocycles. The molecule has 0 radical (unpaired) electrons. The summed E-state index contributed by atoms with van der Waals surface area (Å²) in [6.45, 7) is 0. The number of carboxylic acid groups (broad SMARTS) is 1. The Hall–Kier alpha value is -3.81. The number of aromatic nitrogens is 1. The Kier molecular flexibility index (Phi) is 7.77. The lowest BCUT2D eigenvalue weighted by Crippen LogP contribution is -2.19. The Morgan fingerprint density at radius 3 is 2.07 bits per heavy atom. The molecule has 228 valence electrons. The lowest BCUT2D eigenvalue weighted by molar-refractivity contribution is 0.0692. The molecule has 5 aromatic rings. The number of benzene rings is 4. The molecule has 6 rings (SSSR count). The van der Waals surface area contributed by atoms with Gasteiger partial charge < -0.3 is 15.5 Å². The molecule has 1 aliphatic rings. The van der Waals surface area contributed by atoms with Gasteiger partial charge in [-0.2, -0.15) is 8.42 Å². The van der Waals surface area contributed by atoms with Crippen LogP contribution in [0.3, 0.4) is 0 Å². The lowest BCUT2D eigenvalue weighted by Gasteiger charge is -2.17. The first-order valence-corrected chi connectivity index (χ1v) is 15.7. The lowest BCUT2D eigenvalue weighted by atomic mass is 9.97. The fraction of sp³-hybridized carbons (Fsp3) is 0.0667. The number of aliphatic hydroxyl groups excluding tert-OH is 1. The number of fused-ring (bicyclic) bond motifs is 3. The molecular formula is C30H16Cl4N2O8S. The first kappa shape index (κ1) is 31.2. The minimum atomic E-state index is -4.82. The van der Waals surface area contributed by atoms with Crippen LogP contribution in [0.15, 0.2) is 65.6 Å². The summed E-state index contributed by atoms with van der Waals surface area (Å²) in [5.74, 6) is -4.40. The molecule has 2 atom stereocenters. The van der Waals surface area contributed by atoms with Crippen molar-refractivity contribution in [1.29, 1.82) is 0 Å². The SMILES string of the molecule is O=C(O)c1c(Cl)c(Cl)c(Cl)c(Cl)c1C(=O)Nc1cc(S(=O)(=O)O)cc2ccc(C3C(=O)c4cc5ccccc5cc4[C@H]3O)nc12. The fourth-order valence-electron chi connectivity index (χ4n) is 5.37. The number of aliphatic hydroxyl groups is 1. The van der Waals surface area contributed by atoms with Gasteiger partial charge in [0.1, 0.15) is 0 Å². The quantitative estimate of drug-likeness (QED) is 0.0838. The number of rotatable bonds is 5. The molecule has 0 aliphatic heterocycles. The van der Waals surface area contributed by atoms with Crippen molar-refractivity contribution in [2.75, 3.05) is 5.32 Å². The van der Waals surface area contributed by atoms with Crippen molar-refractivity contribution >= 4 is 102 Å². The second-order valence-corrected chi connectivity index (χ2v) is 13.0. The molecule has 0 bridgehead atoms. The average molecular weight is 706 g/mol. The number of ketones is 1. The van der Waals surface area contributed by atoms with Gasteiger partial charge in [-0.15, -0.1) is 0 Å². The van der Waals surface area contributed by atoms with Crippen LogP contribution in [0.1, 0.15) is 54.4 Å². The van der Waals surface area contributed by atoms with Gasteiger partial charge in [0.15, 0.2) is 5.78 Å². The fourth-order valence-corrected chi connectivity index (χ4v) is 6.94. The number of amides is 1. The average Bonchev–Trinajstić information content (AvgIpc) is 3.23. The largest absolute Gasteiger partial charge is 0.478 e. The maximum atomic E-state index is 13.6. The van der Waals surface area contributed by atoms with Gasteiger partial charge >= 0.3 is 5.97 Å². The third-order valence-electron chi connectivity index (χ3n) is 7.46. The maximum absolute atomic E-state index is 13.6. The Morgan fingerprint density at radius 1 is 0.822 bits per heavy atom. The first-order valence-electron chi connectivity index (χ1n) is 12.8. The van der Waals surface area contributed by atoms with E-state index in [1.165, 1.54) is 12.1 Å². The molecular weight excluding hydrogens is 690 g/mol. The molecule has 0 fully saturated rings. The summed E-state index contributed by atoms with van der Waals surface area (Å²) in [5, 5.41) is 23.2. The summed E-state index contributed by atoms with van der Waals surface area (Å²) in [5.41, 5.74) is -1.02. The molecule has 45 heavy (non-hydrogen) atoms. The van der Waals surface area contributed by atoms with E-state index in [9.17, 15) is 37.6 Å². The van der Waals surface area contributed by atoms with Gasteiger partial charge in [-0.1, -0.05) is 76.7 Å². The summed E-state index contributed by atoms with van der Waals surface area (Å²) in [7, 11) is -4.82. The van der Waals surface area contributed by atoms with Crippen molar-refractivity contribution in [1.82, 2.24) is 4.98 Å². The second kappa shape index (κ2) is 11.2.